The van der Waals surface area contributed by atoms with E-state index in [9.17, 15) is 4.79 Å². The molecule has 4 heteroatoms. The summed E-state index contributed by atoms with van der Waals surface area (Å²) < 4.78 is 1.84. The maximum absolute atomic E-state index is 11.7. The molecule has 0 saturated carbocycles. The molecule has 0 aliphatic heterocycles. The zero-order valence-corrected chi connectivity index (χ0v) is 12.5. The number of benzene rings is 1. The molecular formula is C16H21N3O. The lowest BCUT2D eigenvalue weighted by atomic mass is 10.00. The summed E-state index contributed by atoms with van der Waals surface area (Å²) in [6.07, 6.45) is 2.44. The van der Waals surface area contributed by atoms with Gasteiger partial charge in [0.05, 0.1) is 6.20 Å². The van der Waals surface area contributed by atoms with E-state index in [1.807, 2.05) is 49.0 Å². The highest BCUT2D eigenvalue weighted by Crippen LogP contribution is 2.18. The Balaban J connectivity index is 2.13. The predicted octanol–water partition coefficient (Wildman–Crippen LogP) is 3.29. The second kappa shape index (κ2) is 5.99. The molecular weight excluding hydrogens is 250 g/mol. The number of rotatable bonds is 5. The lowest BCUT2D eigenvalue weighted by molar-refractivity contribution is -0.121. The summed E-state index contributed by atoms with van der Waals surface area (Å²) in [7, 11) is 0. The molecule has 0 aliphatic carbocycles. The number of hydrogen-bond donors (Lipinski definition) is 0. The lowest BCUT2D eigenvalue weighted by Crippen LogP contribution is -2.09. The Morgan fingerprint density at radius 1 is 1.15 bits per heavy atom. The first-order chi connectivity index (χ1) is 9.47. The molecule has 0 spiro atoms. The second-order valence-corrected chi connectivity index (χ2v) is 5.67. The summed E-state index contributed by atoms with van der Waals surface area (Å²) in [5.41, 5.74) is 2.93. The minimum atomic E-state index is 0.0839. The molecule has 106 valence electrons. The normalized spacial score (nSPS) is 11.3. The van der Waals surface area contributed by atoms with Gasteiger partial charge in [-0.05, 0) is 19.4 Å². The van der Waals surface area contributed by atoms with Crippen molar-refractivity contribution >= 4 is 5.78 Å². The van der Waals surface area contributed by atoms with Crippen LogP contribution in [0.4, 0.5) is 0 Å². The summed E-state index contributed by atoms with van der Waals surface area (Å²) in [5.74, 6) is 0.351. The Labute approximate surface area is 119 Å². The minimum absolute atomic E-state index is 0.0839. The van der Waals surface area contributed by atoms with Gasteiger partial charge in [0.15, 0.2) is 0 Å². The third-order valence-corrected chi connectivity index (χ3v) is 3.31. The Morgan fingerprint density at radius 2 is 1.80 bits per heavy atom. The van der Waals surface area contributed by atoms with Gasteiger partial charge in [0.1, 0.15) is 11.5 Å². The minimum Gasteiger partial charge on any atom is -0.299 e. The van der Waals surface area contributed by atoms with Gasteiger partial charge >= 0.3 is 0 Å². The molecule has 2 rings (SSSR count). The van der Waals surface area contributed by atoms with Crippen molar-refractivity contribution in [3.8, 4) is 11.3 Å². The first-order valence-corrected chi connectivity index (χ1v) is 7.01. The van der Waals surface area contributed by atoms with E-state index in [1.165, 1.54) is 0 Å². The van der Waals surface area contributed by atoms with Crippen LogP contribution in [0, 0.1) is 5.92 Å². The Bertz CT molecular complexity index is 582. The Morgan fingerprint density at radius 3 is 2.30 bits per heavy atom. The quantitative estimate of drug-likeness (QED) is 0.838. The number of Topliss-reactive ketones (excluding diaryl/α,β-unsaturated/α-hetero) is 1. The average Bonchev–Trinajstić information content (AvgIpc) is 2.89. The highest BCUT2D eigenvalue weighted by molar-refractivity contribution is 5.82. The van der Waals surface area contributed by atoms with Crippen molar-refractivity contribution in [2.24, 2.45) is 5.92 Å². The van der Waals surface area contributed by atoms with Gasteiger partial charge < -0.3 is 0 Å². The molecule has 2 aromatic rings. The van der Waals surface area contributed by atoms with Gasteiger partial charge in [0.25, 0.3) is 0 Å². The van der Waals surface area contributed by atoms with E-state index in [0.717, 1.165) is 16.8 Å². The van der Waals surface area contributed by atoms with Crippen LogP contribution in [0.15, 0.2) is 30.5 Å². The summed E-state index contributed by atoms with van der Waals surface area (Å²) >= 11 is 0. The van der Waals surface area contributed by atoms with Gasteiger partial charge in [0.2, 0.25) is 0 Å². The molecule has 0 aliphatic rings. The molecule has 4 nitrogen and oxygen atoms in total. The topological polar surface area (TPSA) is 47.8 Å². The van der Waals surface area contributed by atoms with E-state index in [-0.39, 0.29) is 11.7 Å². The zero-order valence-electron chi connectivity index (χ0n) is 12.5. The smallest absolute Gasteiger partial charge is 0.139 e. The fraction of sp³-hybridized carbons (Fsp3) is 0.438. The van der Waals surface area contributed by atoms with Crippen LogP contribution in [0.25, 0.3) is 11.3 Å². The van der Waals surface area contributed by atoms with Gasteiger partial charge in [-0.15, -0.1) is 5.10 Å². The van der Waals surface area contributed by atoms with Crippen molar-refractivity contribution in [1.82, 2.24) is 15.0 Å². The van der Waals surface area contributed by atoms with E-state index < -0.39 is 0 Å². The summed E-state index contributed by atoms with van der Waals surface area (Å²) in [6, 6.07) is 8.28. The number of carbonyl (C=O) groups is 1. The van der Waals surface area contributed by atoms with E-state index in [1.54, 1.807) is 0 Å². The molecule has 1 aromatic carbocycles. The van der Waals surface area contributed by atoms with Gasteiger partial charge in [-0.3, -0.25) is 4.79 Å². The molecule has 0 saturated heterocycles. The van der Waals surface area contributed by atoms with Gasteiger partial charge in [-0.2, -0.15) is 0 Å². The molecule has 0 bridgehead atoms. The maximum atomic E-state index is 11.7. The highest BCUT2D eigenvalue weighted by Gasteiger charge is 2.09. The largest absolute Gasteiger partial charge is 0.299 e. The van der Waals surface area contributed by atoms with Crippen LogP contribution in [0.1, 0.15) is 39.3 Å². The van der Waals surface area contributed by atoms with Crippen molar-refractivity contribution < 1.29 is 4.79 Å². The Kier molecular flexibility index (Phi) is 4.32. The van der Waals surface area contributed by atoms with Crippen molar-refractivity contribution in [3.63, 3.8) is 0 Å². The van der Waals surface area contributed by atoms with Crippen LogP contribution >= 0.6 is 0 Å². The molecule has 0 radical (unpaired) electrons. The maximum Gasteiger partial charge on any atom is 0.139 e. The van der Waals surface area contributed by atoms with Crippen LogP contribution in [-0.2, 0) is 11.2 Å². The molecule has 1 aromatic heterocycles. The predicted molar refractivity (Wildman–Crippen MR) is 79.4 cm³/mol. The molecule has 0 amide bonds. The van der Waals surface area contributed by atoms with Crippen LogP contribution in [0.3, 0.4) is 0 Å². The lowest BCUT2D eigenvalue weighted by Gasteiger charge is -2.05. The van der Waals surface area contributed by atoms with Gasteiger partial charge in [-0.1, -0.05) is 43.3 Å². The Hall–Kier alpha value is -1.97. The standard InChI is InChI=1S/C16H21N3O/c1-11(2)16(20)9-13-5-7-14(8-6-13)15-10-19(12(3)4)18-17-15/h5-8,10-12H,9H2,1-4H3. The number of carbonyl (C=O) groups excluding carboxylic acids is 1. The number of nitrogens with zero attached hydrogens (tertiary/aromatic N) is 3. The van der Waals surface area contributed by atoms with E-state index in [2.05, 4.69) is 24.2 Å². The van der Waals surface area contributed by atoms with Gasteiger partial charge in [0, 0.05) is 23.9 Å². The molecule has 0 unspecified atom stereocenters. The number of aromatic nitrogens is 3. The zero-order chi connectivity index (χ0) is 14.7. The third-order valence-electron chi connectivity index (χ3n) is 3.31. The fourth-order valence-electron chi connectivity index (χ4n) is 1.86. The molecule has 20 heavy (non-hydrogen) atoms. The summed E-state index contributed by atoms with van der Waals surface area (Å²) in [6.45, 7) is 8.00. The van der Waals surface area contributed by atoms with E-state index in [0.29, 0.717) is 12.5 Å². The summed E-state index contributed by atoms with van der Waals surface area (Å²) in [4.78, 5) is 11.7. The first kappa shape index (κ1) is 14.4. The van der Waals surface area contributed by atoms with Crippen LogP contribution in [0.2, 0.25) is 0 Å². The van der Waals surface area contributed by atoms with E-state index in [4.69, 9.17) is 0 Å². The highest BCUT2D eigenvalue weighted by atomic mass is 16.1. The van der Waals surface area contributed by atoms with Crippen LogP contribution in [-0.4, -0.2) is 20.8 Å². The number of ketones is 1. The third kappa shape index (κ3) is 3.32. The SMILES string of the molecule is CC(C)C(=O)Cc1ccc(-c2cn(C(C)C)nn2)cc1. The van der Waals surface area contributed by atoms with Crippen molar-refractivity contribution in [3.05, 3.63) is 36.0 Å². The van der Waals surface area contributed by atoms with Crippen LogP contribution < -0.4 is 0 Å². The van der Waals surface area contributed by atoms with Crippen molar-refractivity contribution in [2.75, 3.05) is 0 Å². The first-order valence-electron chi connectivity index (χ1n) is 7.01. The molecule has 0 atom stereocenters. The van der Waals surface area contributed by atoms with Crippen molar-refractivity contribution in [2.45, 2.75) is 40.2 Å². The molecule has 1 heterocycles. The van der Waals surface area contributed by atoms with Crippen molar-refractivity contribution in [1.29, 1.82) is 0 Å². The molecule has 0 N–H and O–H groups in total. The average molecular weight is 271 g/mol. The fourth-order valence-corrected chi connectivity index (χ4v) is 1.86. The number of hydrogen-bond acceptors (Lipinski definition) is 3. The van der Waals surface area contributed by atoms with Crippen LogP contribution in [0.5, 0.6) is 0 Å². The van der Waals surface area contributed by atoms with E-state index >= 15 is 0 Å². The molecule has 0 fully saturated rings. The monoisotopic (exact) mass is 271 g/mol. The van der Waals surface area contributed by atoms with Gasteiger partial charge in [-0.25, -0.2) is 4.68 Å². The summed E-state index contributed by atoms with van der Waals surface area (Å²) in [5, 5.41) is 8.27. The second-order valence-electron chi connectivity index (χ2n) is 5.67.